The van der Waals surface area contributed by atoms with E-state index >= 15 is 0 Å². The Morgan fingerprint density at radius 2 is 2.17 bits per heavy atom. The molecule has 1 aromatic carbocycles. The zero-order valence-electron chi connectivity index (χ0n) is 17.6. The number of ether oxygens (including phenoxy) is 1. The summed E-state index contributed by atoms with van der Waals surface area (Å²) in [5.74, 6) is 1.08. The van der Waals surface area contributed by atoms with Crippen molar-refractivity contribution in [2.45, 2.75) is 82.5 Å². The maximum absolute atomic E-state index is 11.5. The van der Waals surface area contributed by atoms with Crippen LogP contribution in [0, 0.1) is 5.92 Å². The number of benzene rings is 1. The van der Waals surface area contributed by atoms with Gasteiger partial charge in [0.15, 0.2) is 0 Å². The molecule has 1 heterocycles. The molecule has 1 aliphatic carbocycles. The highest BCUT2D eigenvalue weighted by Gasteiger charge is 2.48. The van der Waals surface area contributed by atoms with Crippen LogP contribution in [0.3, 0.4) is 0 Å². The van der Waals surface area contributed by atoms with Crippen molar-refractivity contribution in [2.24, 2.45) is 5.92 Å². The van der Waals surface area contributed by atoms with Gasteiger partial charge in [-0.2, -0.15) is 0 Å². The van der Waals surface area contributed by atoms with Gasteiger partial charge in [-0.1, -0.05) is 56.5 Å². The minimum atomic E-state index is -0.453. The predicted octanol–water partition coefficient (Wildman–Crippen LogP) is 3.48. The predicted molar refractivity (Wildman–Crippen MR) is 114 cm³/mol. The van der Waals surface area contributed by atoms with Crippen molar-refractivity contribution in [1.82, 2.24) is 5.32 Å². The molecule has 5 nitrogen and oxygen atoms in total. The van der Waals surface area contributed by atoms with Gasteiger partial charge < -0.3 is 20.3 Å². The van der Waals surface area contributed by atoms with Gasteiger partial charge in [-0.25, -0.2) is 0 Å². The van der Waals surface area contributed by atoms with E-state index in [2.05, 4.69) is 24.4 Å². The minimum absolute atomic E-state index is 0.0213. The van der Waals surface area contributed by atoms with Crippen LogP contribution in [-0.2, 0) is 11.2 Å². The highest BCUT2D eigenvalue weighted by Crippen LogP contribution is 2.52. The molecule has 1 saturated carbocycles. The van der Waals surface area contributed by atoms with Gasteiger partial charge in [0.2, 0.25) is 5.91 Å². The summed E-state index contributed by atoms with van der Waals surface area (Å²) in [5, 5.41) is 23.5. The van der Waals surface area contributed by atoms with Gasteiger partial charge in [0.25, 0.3) is 0 Å². The Morgan fingerprint density at radius 3 is 2.93 bits per heavy atom. The molecule has 1 fully saturated rings. The molecule has 1 amide bonds. The number of amides is 1. The first-order chi connectivity index (χ1) is 14.0. The fourth-order valence-corrected chi connectivity index (χ4v) is 4.69. The van der Waals surface area contributed by atoms with Crippen molar-refractivity contribution < 1.29 is 19.7 Å². The number of hydrogen-bond acceptors (Lipinski definition) is 4. The van der Waals surface area contributed by atoms with E-state index in [9.17, 15) is 15.0 Å². The lowest BCUT2D eigenvalue weighted by Crippen LogP contribution is -2.17. The second kappa shape index (κ2) is 10.3. The van der Waals surface area contributed by atoms with Crippen LogP contribution in [-0.4, -0.2) is 41.5 Å². The van der Waals surface area contributed by atoms with Crippen molar-refractivity contribution in [1.29, 1.82) is 0 Å². The number of rotatable bonds is 10. The Bertz CT molecular complexity index is 717. The first-order valence-electron chi connectivity index (χ1n) is 11.1. The summed E-state index contributed by atoms with van der Waals surface area (Å²) in [6.45, 7) is 2.15. The minimum Gasteiger partial charge on any atom is -0.489 e. The lowest BCUT2D eigenvalue weighted by molar-refractivity contribution is -0.120. The van der Waals surface area contributed by atoms with E-state index in [1.807, 2.05) is 18.2 Å². The quantitative estimate of drug-likeness (QED) is 0.414. The molecule has 0 aromatic heterocycles. The van der Waals surface area contributed by atoms with Crippen molar-refractivity contribution in [3.8, 4) is 5.75 Å². The Balaban J connectivity index is 1.68. The third-order valence-corrected chi connectivity index (χ3v) is 6.28. The first kappa shape index (κ1) is 21.8. The van der Waals surface area contributed by atoms with Crippen LogP contribution in [0.1, 0.15) is 68.9 Å². The Kier molecular flexibility index (Phi) is 7.73. The normalized spacial score (nSPS) is 26.2. The molecule has 0 bridgehead atoms. The van der Waals surface area contributed by atoms with Gasteiger partial charge in [0.05, 0.1) is 12.2 Å². The Labute approximate surface area is 174 Å². The number of carbonyl (C=O) groups is 1. The van der Waals surface area contributed by atoms with E-state index in [0.29, 0.717) is 12.8 Å². The fraction of sp³-hybridized carbons (Fsp3) is 0.625. The molecule has 1 aliphatic heterocycles. The Hall–Kier alpha value is -1.85. The summed E-state index contributed by atoms with van der Waals surface area (Å²) in [7, 11) is 1.66. The maximum Gasteiger partial charge on any atom is 0.219 e. The molecule has 3 rings (SSSR count). The molecule has 0 radical (unpaired) electrons. The smallest absolute Gasteiger partial charge is 0.219 e. The van der Waals surface area contributed by atoms with Crippen LogP contribution in [0.5, 0.6) is 5.75 Å². The van der Waals surface area contributed by atoms with Crippen molar-refractivity contribution >= 4 is 5.91 Å². The van der Waals surface area contributed by atoms with E-state index in [1.54, 1.807) is 7.05 Å². The molecule has 29 heavy (non-hydrogen) atoms. The molecule has 2 aliphatic rings. The van der Waals surface area contributed by atoms with Gasteiger partial charge in [0, 0.05) is 37.3 Å². The van der Waals surface area contributed by atoms with Gasteiger partial charge in [-0.3, -0.25) is 4.79 Å². The SMILES string of the molecule is CCCCC[C@H](O)/C=C/[C@@H]1[C@H]2c3cccc(CCCC(=O)NC)c3O[C@H]2C[C@H]1O. The molecule has 0 spiro atoms. The molecule has 0 saturated heterocycles. The summed E-state index contributed by atoms with van der Waals surface area (Å²) in [5.41, 5.74) is 2.29. The molecule has 5 heteroatoms. The summed E-state index contributed by atoms with van der Waals surface area (Å²) in [6, 6.07) is 6.21. The summed E-state index contributed by atoms with van der Waals surface area (Å²) in [6.07, 6.45) is 9.69. The summed E-state index contributed by atoms with van der Waals surface area (Å²) < 4.78 is 6.28. The number of aryl methyl sites for hydroxylation is 1. The van der Waals surface area contributed by atoms with E-state index in [4.69, 9.17) is 4.74 Å². The standard InChI is InChI=1S/C24H35NO4/c1-3-4-5-10-17(26)13-14-18-20(27)15-21-23(18)19-11-6-8-16(24(19)29-21)9-7-12-22(28)25-2/h6,8,11,13-14,17-18,20-21,23,26-27H,3-5,7,9-10,12,15H2,1-2H3,(H,25,28)/b14-13+/t17-,18-,20+,21-,23-/m0/s1. The first-order valence-corrected chi connectivity index (χ1v) is 11.1. The lowest BCUT2D eigenvalue weighted by Gasteiger charge is -2.18. The lowest BCUT2D eigenvalue weighted by atomic mass is 9.86. The van der Waals surface area contributed by atoms with Gasteiger partial charge in [-0.05, 0) is 24.8 Å². The molecule has 5 atom stereocenters. The van der Waals surface area contributed by atoms with Crippen molar-refractivity contribution in [3.05, 3.63) is 41.5 Å². The number of fused-ring (bicyclic) bond motifs is 3. The summed E-state index contributed by atoms with van der Waals surface area (Å²) >= 11 is 0. The van der Waals surface area contributed by atoms with Crippen LogP contribution >= 0.6 is 0 Å². The summed E-state index contributed by atoms with van der Waals surface area (Å²) in [4.78, 5) is 11.5. The van der Waals surface area contributed by atoms with Gasteiger partial charge in [0.1, 0.15) is 11.9 Å². The molecule has 1 aromatic rings. The number of aliphatic hydroxyl groups is 2. The van der Waals surface area contributed by atoms with Crippen LogP contribution in [0.2, 0.25) is 0 Å². The molecule has 0 unspecified atom stereocenters. The second-order valence-corrected chi connectivity index (χ2v) is 8.37. The average Bonchev–Trinajstić information content (AvgIpc) is 3.21. The molecule has 3 N–H and O–H groups in total. The zero-order chi connectivity index (χ0) is 20.8. The van der Waals surface area contributed by atoms with E-state index in [0.717, 1.165) is 55.4 Å². The molecule has 160 valence electrons. The number of para-hydroxylation sites is 1. The van der Waals surface area contributed by atoms with Gasteiger partial charge in [-0.15, -0.1) is 0 Å². The van der Waals surface area contributed by atoms with Crippen LogP contribution in [0.4, 0.5) is 0 Å². The van der Waals surface area contributed by atoms with Crippen LogP contribution < -0.4 is 10.1 Å². The van der Waals surface area contributed by atoms with E-state index in [1.165, 1.54) is 0 Å². The number of unbranched alkanes of at least 4 members (excludes halogenated alkanes) is 2. The highest BCUT2D eigenvalue weighted by molar-refractivity contribution is 5.75. The monoisotopic (exact) mass is 401 g/mol. The van der Waals surface area contributed by atoms with E-state index < -0.39 is 12.2 Å². The fourth-order valence-electron chi connectivity index (χ4n) is 4.69. The topological polar surface area (TPSA) is 78.8 Å². The molecular formula is C24H35NO4. The van der Waals surface area contributed by atoms with Gasteiger partial charge >= 0.3 is 0 Å². The third-order valence-electron chi connectivity index (χ3n) is 6.28. The van der Waals surface area contributed by atoms with Crippen molar-refractivity contribution in [3.63, 3.8) is 0 Å². The second-order valence-electron chi connectivity index (χ2n) is 8.37. The maximum atomic E-state index is 11.5. The highest BCUT2D eigenvalue weighted by atomic mass is 16.5. The molecular weight excluding hydrogens is 366 g/mol. The van der Waals surface area contributed by atoms with Crippen LogP contribution in [0.15, 0.2) is 30.4 Å². The zero-order valence-corrected chi connectivity index (χ0v) is 17.6. The van der Waals surface area contributed by atoms with Crippen LogP contribution in [0.25, 0.3) is 0 Å². The number of carbonyl (C=O) groups excluding carboxylic acids is 1. The number of hydrogen-bond donors (Lipinski definition) is 3. The third kappa shape index (κ3) is 5.20. The largest absolute Gasteiger partial charge is 0.489 e. The Morgan fingerprint density at radius 1 is 1.34 bits per heavy atom. The van der Waals surface area contributed by atoms with E-state index in [-0.39, 0.29) is 23.8 Å². The number of aliphatic hydroxyl groups excluding tert-OH is 2. The average molecular weight is 402 g/mol. The number of nitrogens with one attached hydrogen (secondary N) is 1. The van der Waals surface area contributed by atoms with Crippen molar-refractivity contribution in [2.75, 3.05) is 7.05 Å².